The fraction of sp³-hybridized carbons (Fsp3) is 0.150. The van der Waals surface area contributed by atoms with Crippen LogP contribution in [0, 0.1) is 0 Å². The normalized spacial score (nSPS) is 10.9. The molecule has 3 rings (SSSR count). The lowest BCUT2D eigenvalue weighted by molar-refractivity contribution is -0.113. The first-order chi connectivity index (χ1) is 14.4. The van der Waals surface area contributed by atoms with Crippen molar-refractivity contribution < 1.29 is 18.3 Å². The highest BCUT2D eigenvalue weighted by Crippen LogP contribution is 2.29. The number of alkyl halides is 2. The molecule has 1 amide bonds. The second-order valence-electron chi connectivity index (χ2n) is 5.98. The maximum atomic E-state index is 12.7. The number of anilines is 1. The van der Waals surface area contributed by atoms with Gasteiger partial charge in [0.05, 0.1) is 21.7 Å². The van der Waals surface area contributed by atoms with Crippen LogP contribution in [0.3, 0.4) is 0 Å². The summed E-state index contributed by atoms with van der Waals surface area (Å²) in [5, 5.41) is 3.42. The van der Waals surface area contributed by atoms with E-state index in [4.69, 9.17) is 11.6 Å². The molecule has 30 heavy (non-hydrogen) atoms. The Morgan fingerprint density at radius 3 is 2.80 bits per heavy atom. The van der Waals surface area contributed by atoms with Gasteiger partial charge in [0.1, 0.15) is 5.75 Å². The Balaban J connectivity index is 1.74. The summed E-state index contributed by atoms with van der Waals surface area (Å²) in [5.74, 6) is -0.603. The first-order valence-corrected chi connectivity index (χ1v) is 10.0. The second kappa shape index (κ2) is 9.73. The van der Waals surface area contributed by atoms with Crippen LogP contribution in [0.4, 0.5) is 14.5 Å². The smallest absolute Gasteiger partial charge is 0.387 e. The minimum Gasteiger partial charge on any atom is -0.433 e. The highest BCUT2D eigenvalue weighted by molar-refractivity contribution is 7.99. The zero-order valence-electron chi connectivity index (χ0n) is 15.5. The Kier molecular flexibility index (Phi) is 7.07. The van der Waals surface area contributed by atoms with Gasteiger partial charge in [-0.05, 0) is 30.3 Å². The van der Waals surface area contributed by atoms with Crippen molar-refractivity contribution in [1.82, 2.24) is 9.55 Å². The van der Waals surface area contributed by atoms with Crippen LogP contribution >= 0.6 is 23.4 Å². The number of carbonyl (C=O) groups excluding carboxylic acids is 1. The predicted octanol–water partition coefficient (Wildman–Crippen LogP) is 4.57. The number of amides is 1. The molecule has 6 nitrogen and oxygen atoms in total. The summed E-state index contributed by atoms with van der Waals surface area (Å²) in [4.78, 5) is 29.5. The molecule has 0 bridgehead atoms. The predicted molar refractivity (Wildman–Crippen MR) is 114 cm³/mol. The van der Waals surface area contributed by atoms with Gasteiger partial charge >= 0.3 is 6.61 Å². The number of ether oxygens (including phenoxy) is 1. The molecule has 2 aromatic carbocycles. The molecular formula is C20H16ClF2N3O3S. The van der Waals surface area contributed by atoms with Crippen molar-refractivity contribution in [3.63, 3.8) is 0 Å². The lowest BCUT2D eigenvalue weighted by Crippen LogP contribution is -2.23. The molecule has 0 fully saturated rings. The molecule has 0 radical (unpaired) electrons. The van der Waals surface area contributed by atoms with Crippen LogP contribution in [-0.4, -0.2) is 27.8 Å². The molecule has 1 N–H and O–H groups in total. The average Bonchev–Trinajstić information content (AvgIpc) is 2.71. The minimum atomic E-state index is -3.00. The number of para-hydroxylation sites is 1. The van der Waals surface area contributed by atoms with Gasteiger partial charge in [-0.3, -0.25) is 14.2 Å². The van der Waals surface area contributed by atoms with E-state index in [2.05, 4.69) is 21.6 Å². The number of thioether (sulfide) groups is 1. The number of fused-ring (bicyclic) bond motifs is 1. The van der Waals surface area contributed by atoms with Crippen LogP contribution < -0.4 is 15.6 Å². The number of allylic oxidation sites excluding steroid dienone is 1. The van der Waals surface area contributed by atoms with Gasteiger partial charge in [-0.2, -0.15) is 8.78 Å². The average molecular weight is 452 g/mol. The van der Waals surface area contributed by atoms with E-state index >= 15 is 0 Å². The van der Waals surface area contributed by atoms with Crippen molar-refractivity contribution in [3.05, 3.63) is 70.5 Å². The van der Waals surface area contributed by atoms with Crippen molar-refractivity contribution in [2.45, 2.75) is 18.3 Å². The van der Waals surface area contributed by atoms with E-state index in [1.54, 1.807) is 30.3 Å². The summed E-state index contributed by atoms with van der Waals surface area (Å²) >= 11 is 6.98. The van der Waals surface area contributed by atoms with Gasteiger partial charge in [0.25, 0.3) is 5.56 Å². The molecule has 0 saturated heterocycles. The molecule has 10 heteroatoms. The number of carbonyl (C=O) groups is 1. The maximum Gasteiger partial charge on any atom is 0.387 e. The lowest BCUT2D eigenvalue weighted by atomic mass is 10.2. The van der Waals surface area contributed by atoms with Crippen molar-refractivity contribution >= 4 is 45.9 Å². The van der Waals surface area contributed by atoms with Gasteiger partial charge in [0, 0.05) is 12.2 Å². The van der Waals surface area contributed by atoms with E-state index in [0.29, 0.717) is 21.7 Å². The molecule has 0 aliphatic rings. The number of nitrogens with one attached hydrogen (secondary N) is 1. The molecule has 0 aliphatic heterocycles. The SMILES string of the molecule is C=CCn1c(SCC(=O)Nc2ccc(OC(F)F)c(Cl)c2)nc2ccccc2c1=O. The molecular weight excluding hydrogens is 436 g/mol. The van der Waals surface area contributed by atoms with Crippen LogP contribution in [0.2, 0.25) is 5.02 Å². The van der Waals surface area contributed by atoms with Gasteiger partial charge < -0.3 is 10.1 Å². The molecule has 0 atom stereocenters. The summed E-state index contributed by atoms with van der Waals surface area (Å²) in [6.07, 6.45) is 1.58. The summed E-state index contributed by atoms with van der Waals surface area (Å²) in [5.41, 5.74) is 0.638. The number of nitrogens with zero attached hydrogens (tertiary/aromatic N) is 2. The molecule has 0 saturated carbocycles. The maximum absolute atomic E-state index is 12.7. The van der Waals surface area contributed by atoms with E-state index in [-0.39, 0.29) is 34.5 Å². The Morgan fingerprint density at radius 2 is 2.10 bits per heavy atom. The zero-order valence-corrected chi connectivity index (χ0v) is 17.1. The monoisotopic (exact) mass is 451 g/mol. The lowest BCUT2D eigenvalue weighted by Gasteiger charge is -2.12. The number of halogens is 3. The highest BCUT2D eigenvalue weighted by atomic mass is 35.5. The van der Waals surface area contributed by atoms with Crippen LogP contribution in [-0.2, 0) is 11.3 Å². The summed E-state index contributed by atoms with van der Waals surface area (Å²) in [7, 11) is 0. The Morgan fingerprint density at radius 1 is 1.33 bits per heavy atom. The summed E-state index contributed by atoms with van der Waals surface area (Å²) in [6, 6.07) is 10.9. The van der Waals surface area contributed by atoms with Gasteiger partial charge in [-0.15, -0.1) is 6.58 Å². The van der Waals surface area contributed by atoms with E-state index in [0.717, 1.165) is 11.8 Å². The second-order valence-corrected chi connectivity index (χ2v) is 7.33. The first kappa shape index (κ1) is 21.8. The molecule has 0 unspecified atom stereocenters. The van der Waals surface area contributed by atoms with Gasteiger partial charge in [-0.1, -0.05) is 41.6 Å². The largest absolute Gasteiger partial charge is 0.433 e. The van der Waals surface area contributed by atoms with E-state index in [1.165, 1.54) is 22.8 Å². The van der Waals surface area contributed by atoms with Crippen molar-refractivity contribution in [3.8, 4) is 5.75 Å². The Bertz CT molecular complexity index is 1150. The van der Waals surface area contributed by atoms with E-state index in [1.807, 2.05) is 0 Å². The molecule has 156 valence electrons. The minimum absolute atomic E-state index is 0.0329. The third-order valence-electron chi connectivity index (χ3n) is 3.90. The Labute approximate surface area is 179 Å². The number of rotatable bonds is 8. The number of benzene rings is 2. The zero-order chi connectivity index (χ0) is 21.7. The van der Waals surface area contributed by atoms with Crippen LogP contribution in [0.5, 0.6) is 5.75 Å². The Hall–Kier alpha value is -2.91. The van der Waals surface area contributed by atoms with Crippen molar-refractivity contribution in [2.24, 2.45) is 0 Å². The fourth-order valence-corrected chi connectivity index (χ4v) is 3.68. The number of hydrogen-bond donors (Lipinski definition) is 1. The quantitative estimate of drug-likeness (QED) is 0.308. The molecule has 3 aromatic rings. The molecule has 1 aromatic heterocycles. The highest BCUT2D eigenvalue weighted by Gasteiger charge is 2.14. The standard InChI is InChI=1S/C20H16ClF2N3O3S/c1-2-9-26-18(28)13-5-3-4-6-15(13)25-20(26)30-11-17(27)24-12-7-8-16(14(21)10-12)29-19(22)23/h2-8,10,19H,1,9,11H2,(H,24,27). The van der Waals surface area contributed by atoms with Crippen LogP contribution in [0.1, 0.15) is 0 Å². The molecule has 0 aliphatic carbocycles. The summed E-state index contributed by atoms with van der Waals surface area (Å²) in [6.45, 7) is 0.910. The van der Waals surface area contributed by atoms with E-state index < -0.39 is 6.61 Å². The third kappa shape index (κ3) is 5.17. The van der Waals surface area contributed by atoms with Crippen LogP contribution in [0.25, 0.3) is 10.9 Å². The van der Waals surface area contributed by atoms with Gasteiger partial charge in [0.2, 0.25) is 5.91 Å². The van der Waals surface area contributed by atoms with Crippen LogP contribution in [0.15, 0.2) is 65.1 Å². The third-order valence-corrected chi connectivity index (χ3v) is 5.17. The first-order valence-electron chi connectivity index (χ1n) is 8.66. The molecule has 1 heterocycles. The topological polar surface area (TPSA) is 73.2 Å². The molecule has 0 spiro atoms. The van der Waals surface area contributed by atoms with E-state index in [9.17, 15) is 18.4 Å². The van der Waals surface area contributed by atoms with Crippen molar-refractivity contribution in [1.29, 1.82) is 0 Å². The number of aromatic nitrogens is 2. The fourth-order valence-electron chi connectivity index (χ4n) is 2.65. The van der Waals surface area contributed by atoms with Gasteiger partial charge in [0.15, 0.2) is 5.16 Å². The van der Waals surface area contributed by atoms with Gasteiger partial charge in [-0.25, -0.2) is 4.98 Å². The van der Waals surface area contributed by atoms with Crippen molar-refractivity contribution in [2.75, 3.05) is 11.1 Å². The number of hydrogen-bond acceptors (Lipinski definition) is 5. The summed E-state index contributed by atoms with van der Waals surface area (Å²) < 4.78 is 30.3.